The Balaban J connectivity index is 3.12. The third kappa shape index (κ3) is 3.29. The first-order valence-corrected chi connectivity index (χ1v) is 9.56. The number of fused-ring (bicyclic) bond motifs is 1. The van der Waals surface area contributed by atoms with Crippen molar-refractivity contribution in [1.82, 2.24) is 0 Å². The molecule has 23 heavy (non-hydrogen) atoms. The molecule has 2 rings (SSSR count). The summed E-state index contributed by atoms with van der Waals surface area (Å²) in [7, 11) is -4.26. The van der Waals surface area contributed by atoms with Crippen LogP contribution in [0.3, 0.4) is 0 Å². The van der Waals surface area contributed by atoms with Crippen molar-refractivity contribution in [3.8, 4) is 0 Å². The molecule has 4 heteroatoms. The lowest BCUT2D eigenvalue weighted by atomic mass is 9.84. The van der Waals surface area contributed by atoms with E-state index in [4.69, 9.17) is 0 Å². The van der Waals surface area contributed by atoms with Gasteiger partial charge in [0.1, 0.15) is 0 Å². The minimum atomic E-state index is -4.26. The van der Waals surface area contributed by atoms with Gasteiger partial charge in [-0.3, -0.25) is 4.55 Å². The van der Waals surface area contributed by atoms with Crippen LogP contribution in [0, 0.1) is 0 Å². The first kappa shape index (κ1) is 18.0. The summed E-state index contributed by atoms with van der Waals surface area (Å²) in [6.07, 6.45) is 0. The van der Waals surface area contributed by atoms with Crippen molar-refractivity contribution < 1.29 is 13.0 Å². The highest BCUT2D eigenvalue weighted by molar-refractivity contribution is 7.85. The summed E-state index contributed by atoms with van der Waals surface area (Å²) in [5, 5.41) is 2.07. The van der Waals surface area contributed by atoms with Gasteiger partial charge in [0.05, 0.1) is 4.90 Å². The molecular formula is C19H26O3S. The summed E-state index contributed by atoms with van der Waals surface area (Å²) < 4.78 is 33.6. The summed E-state index contributed by atoms with van der Waals surface area (Å²) in [6, 6.07) is 7.72. The van der Waals surface area contributed by atoms with E-state index in [0.717, 1.165) is 16.3 Å². The van der Waals surface area contributed by atoms with Crippen LogP contribution in [0.2, 0.25) is 0 Å². The molecule has 0 bridgehead atoms. The monoisotopic (exact) mass is 334 g/mol. The van der Waals surface area contributed by atoms with E-state index < -0.39 is 10.1 Å². The molecule has 126 valence electrons. The van der Waals surface area contributed by atoms with Gasteiger partial charge >= 0.3 is 0 Å². The summed E-state index contributed by atoms with van der Waals surface area (Å²) in [5.74, 6) is 0.505. The second-order valence-electron chi connectivity index (χ2n) is 7.09. The van der Waals surface area contributed by atoms with E-state index in [0.29, 0.717) is 11.5 Å². The van der Waals surface area contributed by atoms with Crippen molar-refractivity contribution in [2.75, 3.05) is 0 Å². The van der Waals surface area contributed by atoms with Crippen LogP contribution >= 0.6 is 0 Å². The maximum absolute atomic E-state index is 12.0. The first-order chi connectivity index (χ1) is 10.6. The molecule has 0 atom stereocenters. The average Bonchev–Trinajstić information content (AvgIpc) is 2.42. The number of benzene rings is 2. The highest BCUT2D eigenvalue weighted by atomic mass is 32.2. The zero-order valence-electron chi connectivity index (χ0n) is 14.7. The Kier molecular flexibility index (Phi) is 4.88. The second kappa shape index (κ2) is 6.25. The van der Waals surface area contributed by atoms with Crippen molar-refractivity contribution in [3.05, 3.63) is 41.0 Å². The maximum Gasteiger partial charge on any atom is 0.294 e. The SMILES string of the molecule is CC(C)c1c(S(=O)(=O)O)cc(C(C)C)c2c(C(C)C)cccc12. The second-order valence-corrected chi connectivity index (χ2v) is 8.48. The van der Waals surface area contributed by atoms with Crippen molar-refractivity contribution in [1.29, 1.82) is 0 Å². The Morgan fingerprint density at radius 2 is 1.43 bits per heavy atom. The van der Waals surface area contributed by atoms with Crippen LogP contribution < -0.4 is 0 Å². The van der Waals surface area contributed by atoms with Gasteiger partial charge < -0.3 is 0 Å². The molecule has 0 aliphatic rings. The van der Waals surface area contributed by atoms with Gasteiger partial charge in [-0.05, 0) is 51.3 Å². The fraction of sp³-hybridized carbons (Fsp3) is 0.474. The third-order valence-electron chi connectivity index (χ3n) is 4.33. The van der Waals surface area contributed by atoms with E-state index in [1.165, 1.54) is 5.56 Å². The molecule has 0 radical (unpaired) electrons. The first-order valence-electron chi connectivity index (χ1n) is 8.12. The lowest BCUT2D eigenvalue weighted by Gasteiger charge is -2.22. The van der Waals surface area contributed by atoms with Crippen LogP contribution in [0.4, 0.5) is 0 Å². The van der Waals surface area contributed by atoms with E-state index in [1.54, 1.807) is 6.07 Å². The Labute approximate surface area is 139 Å². The van der Waals surface area contributed by atoms with Gasteiger partial charge in [-0.15, -0.1) is 0 Å². The van der Waals surface area contributed by atoms with Gasteiger partial charge in [-0.2, -0.15) is 8.42 Å². The van der Waals surface area contributed by atoms with Crippen molar-refractivity contribution in [2.24, 2.45) is 0 Å². The van der Waals surface area contributed by atoms with Gasteiger partial charge in [0.15, 0.2) is 0 Å². The molecule has 0 spiro atoms. The lowest BCUT2D eigenvalue weighted by Crippen LogP contribution is -2.09. The normalized spacial score (nSPS) is 12.8. The van der Waals surface area contributed by atoms with Gasteiger partial charge in [0, 0.05) is 0 Å². The number of hydrogen-bond acceptors (Lipinski definition) is 2. The van der Waals surface area contributed by atoms with Crippen LogP contribution in [-0.2, 0) is 10.1 Å². The summed E-state index contributed by atoms with van der Waals surface area (Å²) >= 11 is 0. The fourth-order valence-corrected chi connectivity index (χ4v) is 4.19. The number of hydrogen-bond donors (Lipinski definition) is 1. The standard InChI is InChI=1S/C19H26O3S/c1-11(2)14-8-7-9-15-18(13(5)6)17(23(20,21)22)10-16(12(3)4)19(14)15/h7-13H,1-6H3,(H,20,21,22). The smallest absolute Gasteiger partial charge is 0.282 e. The Hall–Kier alpha value is -1.39. The molecule has 3 nitrogen and oxygen atoms in total. The van der Waals surface area contributed by atoms with Crippen LogP contribution in [0.25, 0.3) is 10.8 Å². The Morgan fingerprint density at radius 3 is 1.87 bits per heavy atom. The van der Waals surface area contributed by atoms with Crippen LogP contribution in [0.5, 0.6) is 0 Å². The van der Waals surface area contributed by atoms with Gasteiger partial charge in [0.2, 0.25) is 0 Å². The molecule has 0 saturated carbocycles. The van der Waals surface area contributed by atoms with Crippen LogP contribution in [0.1, 0.15) is 76.0 Å². The molecule has 0 unspecified atom stereocenters. The van der Waals surface area contributed by atoms with Crippen molar-refractivity contribution in [2.45, 2.75) is 64.2 Å². The summed E-state index contributed by atoms with van der Waals surface area (Å²) in [6.45, 7) is 12.3. The van der Waals surface area contributed by atoms with E-state index in [1.807, 2.05) is 26.0 Å². The fourth-order valence-electron chi connectivity index (χ4n) is 3.29. The molecule has 0 amide bonds. The van der Waals surface area contributed by atoms with Crippen molar-refractivity contribution >= 4 is 20.9 Å². The average molecular weight is 334 g/mol. The molecule has 0 aliphatic carbocycles. The maximum atomic E-state index is 12.0. The third-order valence-corrected chi connectivity index (χ3v) is 5.22. The summed E-state index contributed by atoms with van der Waals surface area (Å²) in [4.78, 5) is 0.0459. The van der Waals surface area contributed by atoms with E-state index in [9.17, 15) is 13.0 Å². The topological polar surface area (TPSA) is 54.4 Å². The minimum absolute atomic E-state index is 0.00181. The predicted molar refractivity (Wildman–Crippen MR) is 96.0 cm³/mol. The van der Waals surface area contributed by atoms with E-state index >= 15 is 0 Å². The molecular weight excluding hydrogens is 308 g/mol. The quantitative estimate of drug-likeness (QED) is 0.756. The minimum Gasteiger partial charge on any atom is -0.282 e. The predicted octanol–water partition coefficient (Wildman–Crippen LogP) is 5.46. The zero-order valence-corrected chi connectivity index (χ0v) is 15.5. The van der Waals surface area contributed by atoms with E-state index in [-0.39, 0.29) is 16.7 Å². The molecule has 2 aromatic rings. The molecule has 0 aromatic heterocycles. The van der Waals surface area contributed by atoms with Crippen LogP contribution in [-0.4, -0.2) is 13.0 Å². The lowest BCUT2D eigenvalue weighted by molar-refractivity contribution is 0.481. The summed E-state index contributed by atoms with van der Waals surface area (Å²) in [5.41, 5.74) is 2.89. The number of rotatable bonds is 4. The Bertz CT molecular complexity index is 831. The Morgan fingerprint density at radius 1 is 0.870 bits per heavy atom. The zero-order chi connectivity index (χ0) is 17.5. The van der Waals surface area contributed by atoms with Gasteiger partial charge in [-0.25, -0.2) is 0 Å². The molecule has 2 aromatic carbocycles. The highest BCUT2D eigenvalue weighted by Gasteiger charge is 2.24. The molecule has 0 aliphatic heterocycles. The van der Waals surface area contributed by atoms with Gasteiger partial charge in [0.25, 0.3) is 10.1 Å². The molecule has 1 N–H and O–H groups in total. The van der Waals surface area contributed by atoms with E-state index in [2.05, 4.69) is 33.8 Å². The molecule has 0 heterocycles. The largest absolute Gasteiger partial charge is 0.294 e. The molecule has 0 saturated heterocycles. The van der Waals surface area contributed by atoms with Crippen molar-refractivity contribution in [3.63, 3.8) is 0 Å². The van der Waals surface area contributed by atoms with Crippen LogP contribution in [0.15, 0.2) is 29.2 Å². The van der Waals surface area contributed by atoms with Gasteiger partial charge in [-0.1, -0.05) is 59.7 Å². The molecule has 0 fully saturated rings. The highest BCUT2D eigenvalue weighted by Crippen LogP contribution is 2.40.